The van der Waals surface area contributed by atoms with Crippen LogP contribution in [0.2, 0.25) is 5.22 Å². The molecule has 2 aromatic rings. The molecule has 1 unspecified atom stereocenters. The molecule has 7 heteroatoms. The van der Waals surface area contributed by atoms with Gasteiger partial charge in [-0.2, -0.15) is 14.0 Å². The SMILES string of the molecule is N#CC(C(=O)c1ccoc1Cl)c1ccc(OC(F)F)cc1. The number of nitrogens with zero attached hydrogens (tertiary/aromatic N) is 1. The van der Waals surface area contributed by atoms with Gasteiger partial charge in [0, 0.05) is 0 Å². The first-order valence-corrected chi connectivity index (χ1v) is 6.12. The molecule has 108 valence electrons. The summed E-state index contributed by atoms with van der Waals surface area (Å²) in [6.45, 7) is -2.94. The van der Waals surface area contributed by atoms with Gasteiger partial charge in [0.15, 0.2) is 5.78 Å². The first kappa shape index (κ1) is 15.0. The highest BCUT2D eigenvalue weighted by atomic mass is 35.5. The summed E-state index contributed by atoms with van der Waals surface area (Å²) in [6, 6.07) is 8.48. The van der Waals surface area contributed by atoms with E-state index in [1.807, 2.05) is 6.07 Å². The van der Waals surface area contributed by atoms with Crippen molar-refractivity contribution in [3.05, 3.63) is 52.9 Å². The molecule has 2 rings (SSSR count). The second-order valence-electron chi connectivity index (χ2n) is 3.98. The van der Waals surface area contributed by atoms with Crippen molar-refractivity contribution in [3.8, 4) is 11.8 Å². The van der Waals surface area contributed by atoms with Gasteiger partial charge in [0.1, 0.15) is 11.7 Å². The number of ether oxygens (including phenoxy) is 1. The van der Waals surface area contributed by atoms with Gasteiger partial charge in [-0.1, -0.05) is 12.1 Å². The number of hydrogen-bond acceptors (Lipinski definition) is 4. The van der Waals surface area contributed by atoms with Gasteiger partial charge in [0.05, 0.1) is 17.9 Å². The minimum atomic E-state index is -2.94. The van der Waals surface area contributed by atoms with Crippen molar-refractivity contribution in [2.24, 2.45) is 0 Å². The molecular weight excluding hydrogens is 304 g/mol. The molecule has 0 radical (unpaired) electrons. The Morgan fingerprint density at radius 1 is 1.29 bits per heavy atom. The van der Waals surface area contributed by atoms with Crippen LogP contribution in [0.4, 0.5) is 8.78 Å². The van der Waals surface area contributed by atoms with E-state index in [1.165, 1.54) is 36.6 Å². The molecule has 21 heavy (non-hydrogen) atoms. The monoisotopic (exact) mass is 311 g/mol. The minimum absolute atomic E-state index is 0.0563. The number of nitriles is 1. The average molecular weight is 312 g/mol. The summed E-state index contributed by atoms with van der Waals surface area (Å²) in [4.78, 5) is 12.2. The van der Waals surface area contributed by atoms with Crippen molar-refractivity contribution in [1.29, 1.82) is 5.26 Å². The first-order chi connectivity index (χ1) is 10.0. The van der Waals surface area contributed by atoms with Crippen molar-refractivity contribution >= 4 is 17.4 Å². The molecule has 1 aromatic carbocycles. The quantitative estimate of drug-likeness (QED) is 0.782. The maximum atomic E-state index is 12.2. The van der Waals surface area contributed by atoms with E-state index in [1.54, 1.807) is 0 Å². The highest BCUT2D eigenvalue weighted by Gasteiger charge is 2.25. The third kappa shape index (κ3) is 3.38. The van der Waals surface area contributed by atoms with Gasteiger partial charge < -0.3 is 9.15 Å². The standard InChI is InChI=1S/C14H8ClF2NO3/c15-13-10(5-6-20-13)12(19)11(7-18)8-1-3-9(4-2-8)21-14(16)17/h1-6,11,14H. The minimum Gasteiger partial charge on any atom is -0.452 e. The Morgan fingerprint density at radius 2 is 1.95 bits per heavy atom. The highest BCUT2D eigenvalue weighted by Crippen LogP contribution is 2.27. The Kier molecular flexibility index (Phi) is 4.55. The summed E-state index contributed by atoms with van der Waals surface area (Å²) < 4.78 is 33.1. The molecular formula is C14H8ClF2NO3. The third-order valence-corrected chi connectivity index (χ3v) is 3.01. The molecule has 1 atom stereocenters. The molecule has 0 spiro atoms. The van der Waals surface area contributed by atoms with Crippen LogP contribution < -0.4 is 4.74 Å². The number of rotatable bonds is 5. The smallest absolute Gasteiger partial charge is 0.387 e. The van der Waals surface area contributed by atoms with Gasteiger partial charge in [-0.25, -0.2) is 0 Å². The average Bonchev–Trinajstić information content (AvgIpc) is 2.87. The first-order valence-electron chi connectivity index (χ1n) is 5.74. The molecule has 0 saturated heterocycles. The summed E-state index contributed by atoms with van der Waals surface area (Å²) in [5.41, 5.74) is 0.442. The molecule has 0 amide bonds. The highest BCUT2D eigenvalue weighted by molar-refractivity contribution is 6.32. The van der Waals surface area contributed by atoms with Gasteiger partial charge in [-0.15, -0.1) is 0 Å². The number of Topliss-reactive ketones (excluding diaryl/α,β-unsaturated/α-hetero) is 1. The Hall–Kier alpha value is -2.39. The summed E-state index contributed by atoms with van der Waals surface area (Å²) in [6.07, 6.45) is 1.24. The Morgan fingerprint density at radius 3 is 2.43 bits per heavy atom. The van der Waals surface area contributed by atoms with Crippen LogP contribution in [0.1, 0.15) is 21.8 Å². The predicted molar refractivity (Wildman–Crippen MR) is 69.5 cm³/mol. The zero-order chi connectivity index (χ0) is 15.4. The maximum absolute atomic E-state index is 12.2. The number of carbonyl (C=O) groups is 1. The van der Waals surface area contributed by atoms with E-state index in [0.717, 1.165) is 0 Å². The molecule has 0 aliphatic rings. The van der Waals surface area contributed by atoms with Crippen molar-refractivity contribution in [3.63, 3.8) is 0 Å². The van der Waals surface area contributed by atoms with Crippen LogP contribution in [0, 0.1) is 11.3 Å². The summed E-state index contributed by atoms with van der Waals surface area (Å²) >= 11 is 5.71. The van der Waals surface area contributed by atoms with E-state index in [4.69, 9.17) is 21.3 Å². The predicted octanol–water partition coefficient (Wildman–Crippen LogP) is 4.02. The van der Waals surface area contributed by atoms with Crippen molar-refractivity contribution in [2.75, 3.05) is 0 Å². The molecule has 0 aliphatic carbocycles. The fraction of sp³-hybridized carbons (Fsp3) is 0.143. The van der Waals surface area contributed by atoms with Crippen molar-refractivity contribution in [2.45, 2.75) is 12.5 Å². The zero-order valence-corrected chi connectivity index (χ0v) is 11.2. The fourth-order valence-electron chi connectivity index (χ4n) is 1.75. The number of furan rings is 1. The fourth-order valence-corrected chi connectivity index (χ4v) is 1.96. The second-order valence-corrected chi connectivity index (χ2v) is 4.33. The second kappa shape index (κ2) is 6.37. The number of hydrogen-bond donors (Lipinski definition) is 0. The number of benzene rings is 1. The van der Waals surface area contributed by atoms with Crippen LogP contribution in [0.5, 0.6) is 5.75 Å². The molecule has 0 N–H and O–H groups in total. The Labute approximate surface area is 123 Å². The normalized spacial score (nSPS) is 12.0. The van der Waals surface area contributed by atoms with Crippen LogP contribution >= 0.6 is 11.6 Å². The van der Waals surface area contributed by atoms with Gasteiger partial charge >= 0.3 is 6.61 Å². The Balaban J connectivity index is 2.24. The number of halogens is 3. The summed E-state index contributed by atoms with van der Waals surface area (Å²) in [5, 5.41) is 9.06. The lowest BCUT2D eigenvalue weighted by atomic mass is 9.93. The van der Waals surface area contributed by atoms with Gasteiger partial charge in [-0.3, -0.25) is 4.79 Å². The molecule has 4 nitrogen and oxygen atoms in total. The van der Waals surface area contributed by atoms with E-state index in [-0.39, 0.29) is 16.5 Å². The molecule has 1 heterocycles. The van der Waals surface area contributed by atoms with Crippen LogP contribution in [0.25, 0.3) is 0 Å². The molecule has 0 aliphatic heterocycles. The van der Waals surface area contributed by atoms with Gasteiger partial charge in [0.2, 0.25) is 5.22 Å². The maximum Gasteiger partial charge on any atom is 0.387 e. The topological polar surface area (TPSA) is 63.2 Å². The lowest BCUT2D eigenvalue weighted by molar-refractivity contribution is -0.0498. The zero-order valence-electron chi connectivity index (χ0n) is 10.4. The van der Waals surface area contributed by atoms with Crippen LogP contribution in [0.15, 0.2) is 41.0 Å². The lowest BCUT2D eigenvalue weighted by Gasteiger charge is -2.09. The van der Waals surface area contributed by atoms with Crippen LogP contribution in [0.3, 0.4) is 0 Å². The molecule has 1 aromatic heterocycles. The lowest BCUT2D eigenvalue weighted by Crippen LogP contribution is -2.11. The number of ketones is 1. The van der Waals surface area contributed by atoms with Crippen LogP contribution in [-0.4, -0.2) is 12.4 Å². The largest absolute Gasteiger partial charge is 0.452 e. The molecule has 0 fully saturated rings. The molecule has 0 saturated carbocycles. The molecule has 0 bridgehead atoms. The van der Waals surface area contributed by atoms with E-state index in [2.05, 4.69) is 4.74 Å². The Bertz CT molecular complexity index is 676. The van der Waals surface area contributed by atoms with Gasteiger partial charge in [-0.05, 0) is 35.4 Å². The van der Waals surface area contributed by atoms with Crippen molar-refractivity contribution < 1.29 is 22.7 Å². The van der Waals surface area contributed by atoms with E-state index < -0.39 is 18.3 Å². The summed E-state index contributed by atoms with van der Waals surface area (Å²) in [5.74, 6) is -1.70. The van der Waals surface area contributed by atoms with Crippen molar-refractivity contribution in [1.82, 2.24) is 0 Å². The third-order valence-electron chi connectivity index (χ3n) is 2.71. The number of alkyl halides is 2. The number of carbonyl (C=O) groups excluding carboxylic acids is 1. The van der Waals surface area contributed by atoms with E-state index in [0.29, 0.717) is 5.56 Å². The summed E-state index contributed by atoms with van der Waals surface area (Å²) in [7, 11) is 0. The van der Waals surface area contributed by atoms with E-state index in [9.17, 15) is 13.6 Å². The van der Waals surface area contributed by atoms with Crippen LogP contribution in [-0.2, 0) is 0 Å². The van der Waals surface area contributed by atoms with Gasteiger partial charge in [0.25, 0.3) is 0 Å². The van der Waals surface area contributed by atoms with E-state index >= 15 is 0 Å².